The summed E-state index contributed by atoms with van der Waals surface area (Å²) >= 11 is 5.08. The van der Waals surface area contributed by atoms with Gasteiger partial charge in [0, 0.05) is 14.9 Å². The molecular weight excluding hydrogens is 322 g/mol. The lowest BCUT2D eigenvalue weighted by Crippen LogP contribution is -2.12. The molecule has 0 aliphatic carbocycles. The maximum atomic E-state index is 12.1. The van der Waals surface area contributed by atoms with Gasteiger partial charge in [-0.2, -0.15) is 0 Å². The molecule has 0 unspecified atom stereocenters. The number of carbonyl (C=O) groups is 1. The first-order valence-electron chi connectivity index (χ1n) is 5.99. The molecule has 19 heavy (non-hydrogen) atoms. The van der Waals surface area contributed by atoms with Gasteiger partial charge in [0.25, 0.3) is 5.91 Å². The maximum Gasteiger partial charge on any atom is 0.255 e. The predicted molar refractivity (Wildman–Crippen MR) is 84.9 cm³/mol. The van der Waals surface area contributed by atoms with E-state index in [0.29, 0.717) is 5.56 Å². The third kappa shape index (κ3) is 3.85. The molecule has 0 bridgehead atoms. The maximum absolute atomic E-state index is 12.1. The number of benzene rings is 2. The summed E-state index contributed by atoms with van der Waals surface area (Å²) in [6.07, 6.45) is 0. The molecule has 0 aliphatic heterocycles. The van der Waals surface area contributed by atoms with Gasteiger partial charge in [-0.1, -0.05) is 35.0 Å². The molecule has 0 heterocycles. The van der Waals surface area contributed by atoms with E-state index in [9.17, 15) is 4.79 Å². The monoisotopic (exact) mass is 335 g/mol. The van der Waals surface area contributed by atoms with E-state index in [4.69, 9.17) is 0 Å². The summed E-state index contributed by atoms with van der Waals surface area (Å²) in [6.45, 7) is 2.10. The number of rotatable bonds is 4. The Balaban J connectivity index is 2.16. The van der Waals surface area contributed by atoms with E-state index in [0.717, 1.165) is 20.8 Å². The molecule has 0 fully saturated rings. The average molecular weight is 336 g/mol. The van der Waals surface area contributed by atoms with Crippen LogP contribution >= 0.6 is 27.7 Å². The number of hydrogen-bond acceptors (Lipinski definition) is 2. The molecule has 98 valence electrons. The lowest BCUT2D eigenvalue weighted by Gasteiger charge is -2.10. The van der Waals surface area contributed by atoms with Crippen LogP contribution in [0.2, 0.25) is 0 Å². The summed E-state index contributed by atoms with van der Waals surface area (Å²) in [5, 5.41) is 2.96. The highest BCUT2D eigenvalue weighted by atomic mass is 79.9. The number of para-hydroxylation sites is 1. The molecule has 1 amide bonds. The fourth-order valence-corrected chi connectivity index (χ4v) is 2.67. The van der Waals surface area contributed by atoms with Gasteiger partial charge < -0.3 is 5.32 Å². The highest BCUT2D eigenvalue weighted by Crippen LogP contribution is 2.27. The molecule has 0 atom stereocenters. The molecule has 0 saturated heterocycles. The minimum Gasteiger partial charge on any atom is -0.321 e. The molecule has 0 radical (unpaired) electrons. The van der Waals surface area contributed by atoms with Crippen LogP contribution in [0.4, 0.5) is 5.69 Å². The van der Waals surface area contributed by atoms with Crippen molar-refractivity contribution in [2.75, 3.05) is 11.1 Å². The molecule has 0 aromatic heterocycles. The van der Waals surface area contributed by atoms with Crippen molar-refractivity contribution in [1.82, 2.24) is 0 Å². The predicted octanol–water partition coefficient (Wildman–Crippen LogP) is 4.81. The summed E-state index contributed by atoms with van der Waals surface area (Å²) in [7, 11) is 0. The number of nitrogens with one attached hydrogen (secondary N) is 1. The van der Waals surface area contributed by atoms with E-state index in [2.05, 4.69) is 28.2 Å². The van der Waals surface area contributed by atoms with Crippen LogP contribution in [0, 0.1) is 0 Å². The Hall–Kier alpha value is -1.26. The smallest absolute Gasteiger partial charge is 0.255 e. The summed E-state index contributed by atoms with van der Waals surface area (Å²) in [6, 6.07) is 15.2. The van der Waals surface area contributed by atoms with Gasteiger partial charge in [0.1, 0.15) is 0 Å². The molecule has 0 saturated carbocycles. The number of amides is 1. The summed E-state index contributed by atoms with van der Waals surface area (Å²) < 4.78 is 0.964. The first-order valence-corrected chi connectivity index (χ1v) is 7.77. The highest BCUT2D eigenvalue weighted by molar-refractivity contribution is 9.10. The van der Waals surface area contributed by atoms with Crippen molar-refractivity contribution in [3.8, 4) is 0 Å². The molecule has 1 N–H and O–H groups in total. The second-order valence-corrected chi connectivity index (χ2v) is 6.11. The van der Waals surface area contributed by atoms with Crippen molar-refractivity contribution in [3.05, 3.63) is 58.6 Å². The molecule has 0 aliphatic rings. The van der Waals surface area contributed by atoms with Crippen molar-refractivity contribution in [2.45, 2.75) is 11.8 Å². The Morgan fingerprint density at radius 3 is 2.53 bits per heavy atom. The zero-order valence-corrected chi connectivity index (χ0v) is 12.9. The van der Waals surface area contributed by atoms with Gasteiger partial charge in [-0.3, -0.25) is 4.79 Å². The quantitative estimate of drug-likeness (QED) is 0.812. The molecule has 4 heteroatoms. The van der Waals surface area contributed by atoms with Crippen molar-refractivity contribution in [2.24, 2.45) is 0 Å². The number of thioether (sulfide) groups is 1. The largest absolute Gasteiger partial charge is 0.321 e. The number of carbonyl (C=O) groups excluding carboxylic acids is 1. The normalized spacial score (nSPS) is 10.2. The molecule has 0 spiro atoms. The van der Waals surface area contributed by atoms with Gasteiger partial charge in [-0.15, -0.1) is 11.8 Å². The van der Waals surface area contributed by atoms with Crippen LogP contribution in [-0.2, 0) is 0 Å². The molecule has 2 aromatic rings. The standard InChI is InChI=1S/C15H14BrNOS/c1-2-19-14-6-4-3-5-13(14)17-15(18)11-7-9-12(16)10-8-11/h3-10H,2H2,1H3,(H,17,18). The van der Waals surface area contributed by atoms with E-state index in [1.54, 1.807) is 23.9 Å². The van der Waals surface area contributed by atoms with E-state index in [1.165, 1.54) is 0 Å². The van der Waals surface area contributed by atoms with Gasteiger partial charge >= 0.3 is 0 Å². The molecule has 2 nitrogen and oxygen atoms in total. The van der Waals surface area contributed by atoms with Crippen LogP contribution in [-0.4, -0.2) is 11.7 Å². The zero-order valence-electron chi connectivity index (χ0n) is 10.5. The summed E-state index contributed by atoms with van der Waals surface area (Å²) in [4.78, 5) is 13.2. The average Bonchev–Trinajstić information content (AvgIpc) is 2.42. The van der Waals surface area contributed by atoms with Gasteiger partial charge in [-0.25, -0.2) is 0 Å². The van der Waals surface area contributed by atoms with Gasteiger partial charge in [0.2, 0.25) is 0 Å². The van der Waals surface area contributed by atoms with E-state index in [1.807, 2.05) is 36.4 Å². The summed E-state index contributed by atoms with van der Waals surface area (Å²) in [5.74, 6) is 0.891. The minimum atomic E-state index is -0.0864. The molecule has 2 rings (SSSR count). The zero-order chi connectivity index (χ0) is 13.7. The van der Waals surface area contributed by atoms with Crippen molar-refractivity contribution in [3.63, 3.8) is 0 Å². The third-order valence-corrected chi connectivity index (χ3v) is 4.03. The van der Waals surface area contributed by atoms with Gasteiger partial charge in [0.15, 0.2) is 0 Å². The highest BCUT2D eigenvalue weighted by Gasteiger charge is 2.08. The first-order chi connectivity index (χ1) is 9.20. The van der Waals surface area contributed by atoms with Gasteiger partial charge in [-0.05, 0) is 42.2 Å². The van der Waals surface area contributed by atoms with Crippen molar-refractivity contribution < 1.29 is 4.79 Å². The van der Waals surface area contributed by atoms with E-state index < -0.39 is 0 Å². The van der Waals surface area contributed by atoms with E-state index >= 15 is 0 Å². The Labute approximate surface area is 125 Å². The van der Waals surface area contributed by atoms with E-state index in [-0.39, 0.29) is 5.91 Å². The van der Waals surface area contributed by atoms with Crippen LogP contribution in [0.15, 0.2) is 57.9 Å². The third-order valence-electron chi connectivity index (χ3n) is 2.54. The van der Waals surface area contributed by atoms with Crippen LogP contribution < -0.4 is 5.32 Å². The van der Waals surface area contributed by atoms with Crippen molar-refractivity contribution in [1.29, 1.82) is 0 Å². The fraction of sp³-hybridized carbons (Fsp3) is 0.133. The fourth-order valence-electron chi connectivity index (χ4n) is 1.65. The lowest BCUT2D eigenvalue weighted by atomic mass is 10.2. The van der Waals surface area contributed by atoms with Crippen LogP contribution in [0.3, 0.4) is 0 Å². The second-order valence-electron chi connectivity index (χ2n) is 3.89. The number of anilines is 1. The Morgan fingerprint density at radius 2 is 1.84 bits per heavy atom. The lowest BCUT2D eigenvalue weighted by molar-refractivity contribution is 0.102. The van der Waals surface area contributed by atoms with Gasteiger partial charge in [0.05, 0.1) is 5.69 Å². The Bertz CT molecular complexity index is 569. The van der Waals surface area contributed by atoms with Crippen molar-refractivity contribution >= 4 is 39.3 Å². The summed E-state index contributed by atoms with van der Waals surface area (Å²) in [5.41, 5.74) is 1.52. The SMILES string of the molecule is CCSc1ccccc1NC(=O)c1ccc(Br)cc1. The second kappa shape index (κ2) is 6.78. The molecule has 2 aromatic carbocycles. The first kappa shape index (κ1) is 14.2. The van der Waals surface area contributed by atoms with Crippen LogP contribution in [0.1, 0.15) is 17.3 Å². The Kier molecular flexibility index (Phi) is 5.05. The number of halogens is 1. The Morgan fingerprint density at radius 1 is 1.16 bits per heavy atom. The van der Waals surface area contributed by atoms with Crippen LogP contribution in [0.5, 0.6) is 0 Å². The number of hydrogen-bond donors (Lipinski definition) is 1. The minimum absolute atomic E-state index is 0.0864. The molecular formula is C15H14BrNOS. The van der Waals surface area contributed by atoms with Crippen LogP contribution in [0.25, 0.3) is 0 Å². The topological polar surface area (TPSA) is 29.1 Å².